The number of rotatable bonds is 8. The average Bonchev–Trinajstić information content (AvgIpc) is 2.87. The fourth-order valence-electron chi connectivity index (χ4n) is 2.96. The molecule has 0 aliphatic rings. The van der Waals surface area contributed by atoms with Crippen LogP contribution in [0.5, 0.6) is 11.5 Å². The fourth-order valence-corrected chi connectivity index (χ4v) is 2.96. The van der Waals surface area contributed by atoms with Crippen LogP contribution in [0.25, 0.3) is 6.08 Å². The van der Waals surface area contributed by atoms with Gasteiger partial charge in [0.1, 0.15) is 24.1 Å². The van der Waals surface area contributed by atoms with Gasteiger partial charge in [-0.25, -0.2) is 9.18 Å². The van der Waals surface area contributed by atoms with Crippen molar-refractivity contribution in [2.75, 3.05) is 19.5 Å². The lowest BCUT2D eigenvalue weighted by Crippen LogP contribution is -2.13. The summed E-state index contributed by atoms with van der Waals surface area (Å²) in [5, 5.41) is 12.1. The molecule has 0 unspecified atom stereocenters. The zero-order valence-corrected chi connectivity index (χ0v) is 18.5. The molecule has 1 N–H and O–H groups in total. The van der Waals surface area contributed by atoms with Gasteiger partial charge in [-0.1, -0.05) is 18.2 Å². The molecule has 1 amide bonds. The number of hydrogen-bond donors (Lipinski definition) is 1. The number of ether oxygens (including phenoxy) is 3. The number of anilines is 1. The molecule has 3 rings (SSSR count). The standard InChI is InChI=1S/C26H21FN2O5/c1-32-24-14-18(5-12-23(24)34-16-17-3-8-21(27)9-4-17)13-20(15-28)25(30)29-22-10-6-19(7-11-22)26(31)33-2/h3-14H,16H2,1-2H3,(H,29,30)/b20-13+. The highest BCUT2D eigenvalue weighted by molar-refractivity contribution is 6.09. The number of nitrogens with zero attached hydrogens (tertiary/aromatic N) is 1. The quantitative estimate of drug-likeness (QED) is 0.296. The van der Waals surface area contributed by atoms with Gasteiger partial charge in [-0.2, -0.15) is 5.26 Å². The van der Waals surface area contributed by atoms with Gasteiger partial charge in [0.05, 0.1) is 19.8 Å². The number of methoxy groups -OCH3 is 2. The second-order valence-corrected chi connectivity index (χ2v) is 7.02. The minimum atomic E-state index is -0.607. The van der Waals surface area contributed by atoms with E-state index in [1.54, 1.807) is 30.3 Å². The van der Waals surface area contributed by atoms with Gasteiger partial charge >= 0.3 is 5.97 Å². The van der Waals surface area contributed by atoms with Gasteiger partial charge in [0, 0.05) is 5.69 Å². The van der Waals surface area contributed by atoms with Gasteiger partial charge in [0.15, 0.2) is 11.5 Å². The Morgan fingerprint density at radius 3 is 2.32 bits per heavy atom. The Bertz CT molecular complexity index is 1250. The van der Waals surface area contributed by atoms with Crippen molar-refractivity contribution in [1.82, 2.24) is 0 Å². The normalized spacial score (nSPS) is 10.7. The minimum Gasteiger partial charge on any atom is -0.493 e. The lowest BCUT2D eigenvalue weighted by molar-refractivity contribution is -0.112. The molecule has 0 saturated carbocycles. The first kappa shape index (κ1) is 24.0. The summed E-state index contributed by atoms with van der Waals surface area (Å²) in [7, 11) is 2.75. The molecule has 3 aromatic carbocycles. The first-order chi connectivity index (χ1) is 16.4. The van der Waals surface area contributed by atoms with Crippen molar-refractivity contribution in [3.05, 3.63) is 94.8 Å². The van der Waals surface area contributed by atoms with E-state index in [4.69, 9.17) is 9.47 Å². The second-order valence-electron chi connectivity index (χ2n) is 7.02. The molecule has 0 aliphatic carbocycles. The van der Waals surface area contributed by atoms with E-state index in [1.165, 1.54) is 56.7 Å². The van der Waals surface area contributed by atoms with Gasteiger partial charge in [0.25, 0.3) is 5.91 Å². The van der Waals surface area contributed by atoms with Gasteiger partial charge < -0.3 is 19.5 Å². The lowest BCUT2D eigenvalue weighted by atomic mass is 10.1. The largest absolute Gasteiger partial charge is 0.493 e. The van der Waals surface area contributed by atoms with E-state index < -0.39 is 11.9 Å². The number of carbonyl (C=O) groups is 2. The van der Waals surface area contributed by atoms with Crippen LogP contribution in [0.4, 0.5) is 10.1 Å². The number of amides is 1. The van der Waals surface area contributed by atoms with E-state index in [0.717, 1.165) is 5.56 Å². The zero-order chi connectivity index (χ0) is 24.5. The van der Waals surface area contributed by atoms with Crippen LogP contribution in [0.2, 0.25) is 0 Å². The summed E-state index contributed by atoms with van der Waals surface area (Å²) in [4.78, 5) is 24.1. The van der Waals surface area contributed by atoms with E-state index >= 15 is 0 Å². The maximum absolute atomic E-state index is 13.0. The molecule has 8 heteroatoms. The van der Waals surface area contributed by atoms with Crippen LogP contribution in [0.3, 0.4) is 0 Å². The zero-order valence-electron chi connectivity index (χ0n) is 18.5. The van der Waals surface area contributed by atoms with E-state index in [2.05, 4.69) is 10.1 Å². The molecule has 0 radical (unpaired) electrons. The van der Waals surface area contributed by atoms with Gasteiger partial charge in [-0.05, 0) is 65.7 Å². The third-order valence-electron chi connectivity index (χ3n) is 4.74. The molecule has 0 fully saturated rings. The molecule has 7 nitrogen and oxygen atoms in total. The molecule has 172 valence electrons. The van der Waals surface area contributed by atoms with Crippen molar-refractivity contribution in [1.29, 1.82) is 5.26 Å². The first-order valence-corrected chi connectivity index (χ1v) is 10.1. The van der Waals surface area contributed by atoms with Gasteiger partial charge in [-0.15, -0.1) is 0 Å². The van der Waals surface area contributed by atoms with Crippen molar-refractivity contribution in [2.24, 2.45) is 0 Å². The Kier molecular flexibility index (Phi) is 7.97. The highest BCUT2D eigenvalue weighted by Gasteiger charge is 2.12. The summed E-state index contributed by atoms with van der Waals surface area (Å²) in [6.07, 6.45) is 1.42. The fraction of sp³-hybridized carbons (Fsp3) is 0.115. The smallest absolute Gasteiger partial charge is 0.337 e. The first-order valence-electron chi connectivity index (χ1n) is 10.1. The predicted octanol–water partition coefficient (Wildman–Crippen LogP) is 4.75. The highest BCUT2D eigenvalue weighted by atomic mass is 19.1. The van der Waals surface area contributed by atoms with Crippen LogP contribution in [-0.4, -0.2) is 26.1 Å². The molecule has 0 heterocycles. The molecule has 0 atom stereocenters. The Morgan fingerprint density at radius 1 is 1.00 bits per heavy atom. The predicted molar refractivity (Wildman–Crippen MR) is 124 cm³/mol. The number of carbonyl (C=O) groups excluding carboxylic acids is 2. The van der Waals surface area contributed by atoms with E-state index in [0.29, 0.717) is 28.3 Å². The van der Waals surface area contributed by atoms with Crippen molar-refractivity contribution in [3.63, 3.8) is 0 Å². The molecule has 0 aromatic heterocycles. The van der Waals surface area contributed by atoms with Gasteiger partial charge in [0.2, 0.25) is 0 Å². The number of esters is 1. The summed E-state index contributed by atoms with van der Waals surface area (Å²) in [6.45, 7) is 0.215. The summed E-state index contributed by atoms with van der Waals surface area (Å²) >= 11 is 0. The third kappa shape index (κ3) is 6.20. The number of hydrogen-bond acceptors (Lipinski definition) is 6. The third-order valence-corrected chi connectivity index (χ3v) is 4.74. The molecule has 0 saturated heterocycles. The minimum absolute atomic E-state index is 0.126. The van der Waals surface area contributed by atoms with E-state index in [9.17, 15) is 19.2 Å². The maximum atomic E-state index is 13.0. The van der Waals surface area contributed by atoms with Crippen molar-refractivity contribution >= 4 is 23.6 Å². The lowest BCUT2D eigenvalue weighted by Gasteiger charge is -2.12. The Balaban J connectivity index is 1.71. The summed E-state index contributed by atoms with van der Waals surface area (Å²) in [6, 6.07) is 18.9. The number of nitrogens with one attached hydrogen (secondary N) is 1. The number of nitriles is 1. The number of benzene rings is 3. The summed E-state index contributed by atoms with van der Waals surface area (Å²) < 4.78 is 28.8. The van der Waals surface area contributed by atoms with E-state index in [1.807, 2.05) is 6.07 Å². The molecular formula is C26H21FN2O5. The van der Waals surface area contributed by atoms with Crippen LogP contribution in [0.15, 0.2) is 72.3 Å². The molecule has 34 heavy (non-hydrogen) atoms. The Morgan fingerprint density at radius 2 is 1.71 bits per heavy atom. The van der Waals surface area contributed by atoms with E-state index in [-0.39, 0.29) is 18.0 Å². The molecule has 0 aliphatic heterocycles. The van der Waals surface area contributed by atoms with Gasteiger partial charge in [-0.3, -0.25) is 4.79 Å². The summed E-state index contributed by atoms with van der Waals surface area (Å²) in [5.41, 5.74) is 1.97. The number of halogens is 1. The molecule has 3 aromatic rings. The van der Waals surface area contributed by atoms with Crippen LogP contribution in [0.1, 0.15) is 21.5 Å². The second kappa shape index (κ2) is 11.3. The van der Waals surface area contributed by atoms with Crippen molar-refractivity contribution in [2.45, 2.75) is 6.61 Å². The molecule has 0 bridgehead atoms. The van der Waals surface area contributed by atoms with Crippen LogP contribution < -0.4 is 14.8 Å². The monoisotopic (exact) mass is 460 g/mol. The molecule has 0 spiro atoms. The average molecular weight is 460 g/mol. The summed E-state index contributed by atoms with van der Waals surface area (Å²) in [5.74, 6) is -0.559. The highest BCUT2D eigenvalue weighted by Crippen LogP contribution is 2.30. The van der Waals surface area contributed by atoms with Crippen LogP contribution in [0, 0.1) is 17.1 Å². The SMILES string of the molecule is COC(=O)c1ccc(NC(=O)/C(C#N)=C/c2ccc(OCc3ccc(F)cc3)c(OC)c2)cc1. The topological polar surface area (TPSA) is 97.7 Å². The Labute approximate surface area is 196 Å². The maximum Gasteiger partial charge on any atom is 0.337 e. The van der Waals surface area contributed by atoms with Crippen molar-refractivity contribution in [3.8, 4) is 17.6 Å². The molecular weight excluding hydrogens is 439 g/mol. The van der Waals surface area contributed by atoms with Crippen LogP contribution in [-0.2, 0) is 16.1 Å². The Hall–Kier alpha value is -4.64. The van der Waals surface area contributed by atoms with Crippen LogP contribution >= 0.6 is 0 Å². The van der Waals surface area contributed by atoms with Crippen molar-refractivity contribution < 1.29 is 28.2 Å².